The van der Waals surface area contributed by atoms with E-state index in [0.717, 1.165) is 5.56 Å². The van der Waals surface area contributed by atoms with Crippen LogP contribution in [0.2, 0.25) is 5.02 Å². The number of aromatic amines is 1. The third-order valence-electron chi connectivity index (χ3n) is 3.41. The fourth-order valence-electron chi connectivity index (χ4n) is 2.15. The molecule has 0 aliphatic carbocycles. The highest BCUT2D eigenvalue weighted by Gasteiger charge is 2.03. The van der Waals surface area contributed by atoms with Crippen LogP contribution in [0.4, 0.5) is 0 Å². The van der Waals surface area contributed by atoms with Crippen molar-refractivity contribution in [2.75, 3.05) is 0 Å². The Morgan fingerprint density at radius 1 is 1.12 bits per heavy atom. The van der Waals surface area contributed by atoms with Crippen molar-refractivity contribution < 1.29 is 4.79 Å². The van der Waals surface area contributed by atoms with Crippen LogP contribution < -0.4 is 14.8 Å². The molecule has 122 valence electrons. The summed E-state index contributed by atoms with van der Waals surface area (Å²) in [5, 5.41) is 9.36. The van der Waals surface area contributed by atoms with E-state index in [1.54, 1.807) is 54.6 Å². The quantitative estimate of drug-likeness (QED) is 0.723. The number of aromatic nitrogens is 1. The van der Waals surface area contributed by atoms with Crippen molar-refractivity contribution in [2.24, 2.45) is 0 Å². The average Bonchev–Trinajstić information content (AvgIpc) is 2.95. The van der Waals surface area contributed by atoms with E-state index in [4.69, 9.17) is 16.9 Å². The number of nitrogens with one attached hydrogen (secondary N) is 1. The van der Waals surface area contributed by atoms with Gasteiger partial charge in [-0.15, -0.1) is 11.3 Å². The molecule has 0 aliphatic heterocycles. The zero-order valence-electron chi connectivity index (χ0n) is 12.8. The van der Waals surface area contributed by atoms with Crippen LogP contribution >= 0.6 is 22.9 Å². The van der Waals surface area contributed by atoms with Crippen LogP contribution in [0.15, 0.2) is 53.3 Å². The van der Waals surface area contributed by atoms with Gasteiger partial charge in [0.1, 0.15) is 0 Å². The first kappa shape index (κ1) is 16.9. The minimum Gasteiger partial charge on any atom is -0.313 e. The summed E-state index contributed by atoms with van der Waals surface area (Å²) >= 11 is 7.01. The van der Waals surface area contributed by atoms with Crippen molar-refractivity contribution in [3.8, 4) is 6.07 Å². The van der Waals surface area contributed by atoms with E-state index in [1.165, 1.54) is 17.4 Å². The van der Waals surface area contributed by atoms with E-state index in [2.05, 4.69) is 4.98 Å². The standard InChI is InChI=1S/C19H11ClN2O2S/c20-15-7-5-14(6-8-15)16(23)10-18-22-19(24)17(25-18)9-12-1-3-13(11-21)4-2-12/h1-10H,(H,22,24)/b17-9-,18-10-. The number of carbonyl (C=O) groups is 1. The predicted molar refractivity (Wildman–Crippen MR) is 99.2 cm³/mol. The van der Waals surface area contributed by atoms with Gasteiger partial charge in [0, 0.05) is 16.7 Å². The van der Waals surface area contributed by atoms with Gasteiger partial charge in [-0.3, -0.25) is 9.59 Å². The molecular weight excluding hydrogens is 356 g/mol. The third kappa shape index (κ3) is 4.13. The second-order valence-corrected chi connectivity index (χ2v) is 6.70. The summed E-state index contributed by atoms with van der Waals surface area (Å²) in [6.45, 7) is 0. The van der Waals surface area contributed by atoms with Gasteiger partial charge in [0.15, 0.2) is 5.78 Å². The molecule has 3 aromatic rings. The van der Waals surface area contributed by atoms with Gasteiger partial charge in [-0.1, -0.05) is 23.7 Å². The van der Waals surface area contributed by atoms with Crippen LogP contribution in [-0.2, 0) is 0 Å². The van der Waals surface area contributed by atoms with Crippen molar-refractivity contribution in [1.82, 2.24) is 4.98 Å². The predicted octanol–water partition coefficient (Wildman–Crippen LogP) is 2.45. The molecule has 6 heteroatoms. The molecular formula is C19H11ClN2O2S. The lowest BCUT2D eigenvalue weighted by Crippen LogP contribution is -2.20. The Labute approximate surface area is 152 Å². The van der Waals surface area contributed by atoms with Gasteiger partial charge in [0.25, 0.3) is 5.56 Å². The number of Topliss-reactive ketones (excluding diaryl/α,β-unsaturated/α-hetero) is 1. The van der Waals surface area contributed by atoms with Crippen LogP contribution in [0.3, 0.4) is 0 Å². The molecule has 1 N–H and O–H groups in total. The molecule has 0 amide bonds. The smallest absolute Gasteiger partial charge is 0.266 e. The highest BCUT2D eigenvalue weighted by atomic mass is 35.5. The summed E-state index contributed by atoms with van der Waals surface area (Å²) in [5.41, 5.74) is 1.60. The molecule has 0 spiro atoms. The molecule has 0 bridgehead atoms. The number of halogens is 1. The van der Waals surface area contributed by atoms with Crippen molar-refractivity contribution in [1.29, 1.82) is 5.26 Å². The number of hydrogen-bond donors (Lipinski definition) is 1. The first-order valence-electron chi connectivity index (χ1n) is 7.28. The van der Waals surface area contributed by atoms with E-state index in [-0.39, 0.29) is 11.3 Å². The minimum atomic E-state index is -0.260. The number of rotatable bonds is 3. The topological polar surface area (TPSA) is 73.7 Å². The van der Waals surface area contributed by atoms with Crippen molar-refractivity contribution >= 4 is 40.9 Å². The van der Waals surface area contributed by atoms with Gasteiger partial charge < -0.3 is 4.98 Å². The van der Waals surface area contributed by atoms with Gasteiger partial charge in [-0.05, 0) is 48.0 Å². The SMILES string of the molecule is N#Cc1ccc(/C=c2\s/c(=C\C(=O)c3ccc(Cl)cc3)[nH]c2=O)cc1. The zero-order chi connectivity index (χ0) is 17.8. The maximum atomic E-state index is 12.2. The van der Waals surface area contributed by atoms with Gasteiger partial charge in [-0.25, -0.2) is 0 Å². The molecule has 3 rings (SSSR count). The average molecular weight is 367 g/mol. The Bertz CT molecular complexity index is 1130. The van der Waals surface area contributed by atoms with Crippen LogP contribution in [0, 0.1) is 11.3 Å². The van der Waals surface area contributed by atoms with E-state index < -0.39 is 0 Å². The first-order valence-corrected chi connectivity index (χ1v) is 8.47. The maximum absolute atomic E-state index is 12.2. The normalized spacial score (nSPS) is 12.2. The highest BCUT2D eigenvalue weighted by Crippen LogP contribution is 2.10. The number of thiazole rings is 1. The monoisotopic (exact) mass is 366 g/mol. The number of carbonyl (C=O) groups excluding carboxylic acids is 1. The first-order chi connectivity index (χ1) is 12.0. The summed E-state index contributed by atoms with van der Waals surface area (Å²) in [6.07, 6.45) is 3.11. The number of H-pyrrole nitrogens is 1. The highest BCUT2D eigenvalue weighted by molar-refractivity contribution is 7.07. The largest absolute Gasteiger partial charge is 0.313 e. The molecule has 0 radical (unpaired) electrons. The van der Waals surface area contributed by atoms with Crippen molar-refractivity contribution in [3.63, 3.8) is 0 Å². The Balaban J connectivity index is 1.95. The number of nitrogens with zero attached hydrogens (tertiary/aromatic N) is 1. The Morgan fingerprint density at radius 2 is 1.80 bits per heavy atom. The lowest BCUT2D eigenvalue weighted by Gasteiger charge is -1.94. The fraction of sp³-hybridized carbons (Fsp3) is 0. The van der Waals surface area contributed by atoms with Gasteiger partial charge >= 0.3 is 0 Å². The number of ketones is 1. The maximum Gasteiger partial charge on any atom is 0.266 e. The molecule has 0 aliphatic rings. The van der Waals surface area contributed by atoms with E-state index in [1.807, 2.05) is 6.07 Å². The summed E-state index contributed by atoms with van der Waals surface area (Å²) in [4.78, 5) is 26.9. The molecule has 1 heterocycles. The summed E-state index contributed by atoms with van der Waals surface area (Å²) in [5.74, 6) is -0.209. The van der Waals surface area contributed by atoms with E-state index in [0.29, 0.717) is 25.3 Å². The van der Waals surface area contributed by atoms with Gasteiger partial charge in [0.05, 0.1) is 20.8 Å². The molecule has 25 heavy (non-hydrogen) atoms. The van der Waals surface area contributed by atoms with E-state index in [9.17, 15) is 9.59 Å². The fourth-order valence-corrected chi connectivity index (χ4v) is 3.16. The van der Waals surface area contributed by atoms with E-state index >= 15 is 0 Å². The third-order valence-corrected chi connectivity index (χ3v) is 4.62. The van der Waals surface area contributed by atoms with Gasteiger partial charge in [-0.2, -0.15) is 5.26 Å². The molecule has 2 aromatic carbocycles. The molecule has 0 unspecified atom stereocenters. The Hall–Kier alpha value is -2.94. The Kier molecular flexibility index (Phi) is 4.94. The molecule has 4 nitrogen and oxygen atoms in total. The van der Waals surface area contributed by atoms with Crippen LogP contribution in [0.5, 0.6) is 0 Å². The van der Waals surface area contributed by atoms with Crippen LogP contribution in [0.1, 0.15) is 21.5 Å². The zero-order valence-corrected chi connectivity index (χ0v) is 14.4. The van der Waals surface area contributed by atoms with Crippen molar-refractivity contribution in [2.45, 2.75) is 0 Å². The molecule has 0 saturated heterocycles. The lowest BCUT2D eigenvalue weighted by atomic mass is 10.1. The van der Waals surface area contributed by atoms with Crippen molar-refractivity contribution in [3.05, 3.63) is 89.8 Å². The number of hydrogen-bond acceptors (Lipinski definition) is 4. The Morgan fingerprint density at radius 3 is 2.44 bits per heavy atom. The lowest BCUT2D eigenvalue weighted by molar-refractivity contribution is 0.106. The molecule has 0 saturated carbocycles. The van der Waals surface area contributed by atoms with Crippen LogP contribution in [0.25, 0.3) is 12.2 Å². The number of nitriles is 1. The summed E-state index contributed by atoms with van der Waals surface area (Å²) in [7, 11) is 0. The second-order valence-electron chi connectivity index (χ2n) is 5.18. The minimum absolute atomic E-state index is 0.209. The second kappa shape index (κ2) is 7.31. The molecule has 1 aromatic heterocycles. The van der Waals surface area contributed by atoms with Gasteiger partial charge in [0.2, 0.25) is 0 Å². The summed E-state index contributed by atoms with van der Waals surface area (Å²) in [6, 6.07) is 15.5. The molecule has 0 atom stereocenters. The summed E-state index contributed by atoms with van der Waals surface area (Å²) < 4.78 is 0.963. The van der Waals surface area contributed by atoms with Crippen LogP contribution in [-0.4, -0.2) is 10.8 Å². The number of benzene rings is 2. The molecule has 0 fully saturated rings.